The molecule has 1 atom stereocenters. The molecule has 3 rings (SSSR count). The quantitative estimate of drug-likeness (QED) is 0.299. The summed E-state index contributed by atoms with van der Waals surface area (Å²) in [4.78, 5) is 36.1. The first-order valence-corrected chi connectivity index (χ1v) is 11.4. The summed E-state index contributed by atoms with van der Waals surface area (Å²) in [7, 11) is 0. The van der Waals surface area contributed by atoms with Gasteiger partial charge in [0.15, 0.2) is 11.0 Å². The van der Waals surface area contributed by atoms with Gasteiger partial charge in [-0.25, -0.2) is 4.79 Å². The van der Waals surface area contributed by atoms with Gasteiger partial charge in [-0.2, -0.15) is 0 Å². The summed E-state index contributed by atoms with van der Waals surface area (Å²) in [6, 6.07) is 12.9. The number of aryl methyl sites for hydroxylation is 1. The molecule has 0 aliphatic heterocycles. The SMILES string of the molecule is C=CCn1c(SCC(=O)Nc2cccc(C(=O)O)c2)nnc1[C@@H](C)NC(=O)c1ccc(C)cc1. The smallest absolute Gasteiger partial charge is 0.335 e. The Bertz CT molecular complexity index is 1210. The van der Waals surface area contributed by atoms with E-state index in [1.54, 1.807) is 34.9 Å². The second-order valence-electron chi connectivity index (χ2n) is 7.52. The van der Waals surface area contributed by atoms with Crippen LogP contribution >= 0.6 is 11.8 Å². The van der Waals surface area contributed by atoms with Crippen LogP contribution in [0.5, 0.6) is 0 Å². The topological polar surface area (TPSA) is 126 Å². The van der Waals surface area contributed by atoms with Crippen molar-refractivity contribution in [3.05, 3.63) is 83.7 Å². The van der Waals surface area contributed by atoms with E-state index < -0.39 is 12.0 Å². The molecule has 9 nitrogen and oxygen atoms in total. The number of amides is 2. The van der Waals surface area contributed by atoms with Crippen molar-refractivity contribution < 1.29 is 19.5 Å². The fraction of sp³-hybridized carbons (Fsp3) is 0.208. The van der Waals surface area contributed by atoms with Gasteiger partial charge in [0, 0.05) is 17.8 Å². The normalized spacial score (nSPS) is 11.5. The lowest BCUT2D eigenvalue weighted by Crippen LogP contribution is -2.28. The van der Waals surface area contributed by atoms with Crippen molar-refractivity contribution in [2.24, 2.45) is 0 Å². The second-order valence-corrected chi connectivity index (χ2v) is 8.47. The lowest BCUT2D eigenvalue weighted by Gasteiger charge is -2.15. The number of rotatable bonds is 10. The number of anilines is 1. The molecule has 0 unspecified atom stereocenters. The van der Waals surface area contributed by atoms with Crippen molar-refractivity contribution >= 4 is 35.2 Å². The monoisotopic (exact) mass is 479 g/mol. The number of carbonyl (C=O) groups is 3. The van der Waals surface area contributed by atoms with Crippen molar-refractivity contribution in [3.63, 3.8) is 0 Å². The van der Waals surface area contributed by atoms with Crippen molar-refractivity contribution in [3.8, 4) is 0 Å². The third-order valence-electron chi connectivity index (χ3n) is 4.83. The third-order valence-corrected chi connectivity index (χ3v) is 5.80. The third kappa shape index (κ3) is 6.32. The molecule has 3 N–H and O–H groups in total. The minimum absolute atomic E-state index is 0.0384. The van der Waals surface area contributed by atoms with Crippen LogP contribution in [0.15, 0.2) is 66.3 Å². The average Bonchev–Trinajstić information content (AvgIpc) is 3.21. The zero-order valence-electron chi connectivity index (χ0n) is 18.8. The van der Waals surface area contributed by atoms with Crippen LogP contribution < -0.4 is 10.6 Å². The van der Waals surface area contributed by atoms with Crippen molar-refractivity contribution in [2.75, 3.05) is 11.1 Å². The first kappa shape index (κ1) is 24.7. The van der Waals surface area contributed by atoms with Gasteiger partial charge < -0.3 is 20.3 Å². The van der Waals surface area contributed by atoms with E-state index in [0.29, 0.717) is 28.8 Å². The van der Waals surface area contributed by atoms with E-state index in [2.05, 4.69) is 27.4 Å². The molecular formula is C24H25N5O4S. The Morgan fingerprint density at radius 1 is 1.15 bits per heavy atom. The molecule has 0 saturated carbocycles. The van der Waals surface area contributed by atoms with E-state index in [9.17, 15) is 14.4 Å². The Kier molecular flexibility index (Phi) is 8.20. The van der Waals surface area contributed by atoms with E-state index in [-0.39, 0.29) is 23.1 Å². The molecule has 0 aliphatic carbocycles. The molecule has 0 bridgehead atoms. The Balaban J connectivity index is 1.66. The number of carboxylic acids is 1. The first-order valence-electron chi connectivity index (χ1n) is 10.5. The van der Waals surface area contributed by atoms with Gasteiger partial charge in [0.1, 0.15) is 0 Å². The van der Waals surface area contributed by atoms with Gasteiger partial charge in [-0.3, -0.25) is 9.59 Å². The van der Waals surface area contributed by atoms with Crippen LogP contribution in [0, 0.1) is 6.92 Å². The zero-order valence-corrected chi connectivity index (χ0v) is 19.6. The number of aromatic carboxylic acids is 1. The number of hydrogen-bond acceptors (Lipinski definition) is 6. The van der Waals surface area contributed by atoms with Gasteiger partial charge in [0.05, 0.1) is 17.4 Å². The number of nitrogens with zero attached hydrogens (tertiary/aromatic N) is 3. The molecule has 0 aliphatic rings. The lowest BCUT2D eigenvalue weighted by atomic mass is 10.1. The van der Waals surface area contributed by atoms with Gasteiger partial charge in [-0.15, -0.1) is 16.8 Å². The maximum absolute atomic E-state index is 12.6. The van der Waals surface area contributed by atoms with Gasteiger partial charge in [-0.05, 0) is 44.2 Å². The molecule has 0 radical (unpaired) electrons. The van der Waals surface area contributed by atoms with E-state index in [1.165, 1.54) is 23.9 Å². The molecule has 0 saturated heterocycles. The molecule has 10 heteroatoms. The number of allylic oxidation sites excluding steroid dienone is 1. The fourth-order valence-corrected chi connectivity index (χ4v) is 3.89. The Hall–Kier alpha value is -3.92. The molecular weight excluding hydrogens is 454 g/mol. The summed E-state index contributed by atoms with van der Waals surface area (Å²) in [5.74, 6) is -1.03. The first-order chi connectivity index (χ1) is 16.3. The average molecular weight is 480 g/mol. The highest BCUT2D eigenvalue weighted by Crippen LogP contribution is 2.22. The molecule has 2 aromatic carbocycles. The largest absolute Gasteiger partial charge is 0.478 e. The maximum Gasteiger partial charge on any atom is 0.335 e. The number of benzene rings is 2. The Labute approximate surface area is 201 Å². The summed E-state index contributed by atoms with van der Waals surface area (Å²) in [5.41, 5.74) is 2.09. The highest BCUT2D eigenvalue weighted by atomic mass is 32.2. The fourth-order valence-electron chi connectivity index (χ4n) is 3.13. The van der Waals surface area contributed by atoms with Crippen LogP contribution in [-0.2, 0) is 11.3 Å². The Morgan fingerprint density at radius 3 is 2.56 bits per heavy atom. The molecule has 34 heavy (non-hydrogen) atoms. The summed E-state index contributed by atoms with van der Waals surface area (Å²) in [6.07, 6.45) is 1.68. The molecule has 1 aromatic heterocycles. The standard InChI is InChI=1S/C24H25N5O4S/c1-4-12-29-21(16(3)25-22(31)17-10-8-15(2)9-11-17)27-28-24(29)34-14-20(30)26-19-7-5-6-18(13-19)23(32)33/h4-11,13,16H,1,12,14H2,2-3H3,(H,25,31)(H,26,30)(H,32,33)/t16-/m1/s1. The van der Waals surface area contributed by atoms with Crippen LogP contribution in [-0.4, -0.2) is 43.4 Å². The van der Waals surface area contributed by atoms with Crippen LogP contribution in [0.25, 0.3) is 0 Å². The number of carboxylic acid groups (broad SMARTS) is 1. The van der Waals surface area contributed by atoms with Gasteiger partial charge in [-0.1, -0.05) is 41.6 Å². The number of aromatic nitrogens is 3. The zero-order chi connectivity index (χ0) is 24.7. The predicted molar refractivity (Wildman–Crippen MR) is 130 cm³/mol. The minimum Gasteiger partial charge on any atom is -0.478 e. The molecule has 0 fully saturated rings. The number of carbonyl (C=O) groups excluding carboxylic acids is 2. The number of hydrogen-bond donors (Lipinski definition) is 3. The van der Waals surface area contributed by atoms with E-state index in [0.717, 1.165) is 5.56 Å². The van der Waals surface area contributed by atoms with Crippen LogP contribution in [0.4, 0.5) is 5.69 Å². The van der Waals surface area contributed by atoms with E-state index in [4.69, 9.17) is 5.11 Å². The van der Waals surface area contributed by atoms with Gasteiger partial charge in [0.25, 0.3) is 5.91 Å². The molecule has 1 heterocycles. The summed E-state index contributed by atoms with van der Waals surface area (Å²) in [5, 5.41) is 23.6. The molecule has 0 spiro atoms. The van der Waals surface area contributed by atoms with Crippen molar-refractivity contribution in [1.82, 2.24) is 20.1 Å². The lowest BCUT2D eigenvalue weighted by molar-refractivity contribution is -0.113. The van der Waals surface area contributed by atoms with E-state index >= 15 is 0 Å². The molecule has 2 amide bonds. The second kappa shape index (κ2) is 11.3. The number of nitrogens with one attached hydrogen (secondary N) is 2. The van der Waals surface area contributed by atoms with Crippen LogP contribution in [0.2, 0.25) is 0 Å². The van der Waals surface area contributed by atoms with Crippen molar-refractivity contribution in [2.45, 2.75) is 31.6 Å². The van der Waals surface area contributed by atoms with Gasteiger partial charge in [0.2, 0.25) is 5.91 Å². The van der Waals surface area contributed by atoms with Crippen LogP contribution in [0.3, 0.4) is 0 Å². The highest BCUT2D eigenvalue weighted by Gasteiger charge is 2.20. The summed E-state index contributed by atoms with van der Waals surface area (Å²) >= 11 is 1.18. The highest BCUT2D eigenvalue weighted by molar-refractivity contribution is 7.99. The Morgan fingerprint density at radius 2 is 1.88 bits per heavy atom. The predicted octanol–water partition coefficient (Wildman–Crippen LogP) is 3.69. The maximum atomic E-state index is 12.6. The summed E-state index contributed by atoms with van der Waals surface area (Å²) in [6.45, 7) is 7.93. The van der Waals surface area contributed by atoms with E-state index in [1.807, 2.05) is 26.0 Å². The van der Waals surface area contributed by atoms with Crippen LogP contribution in [0.1, 0.15) is 45.1 Å². The summed E-state index contributed by atoms with van der Waals surface area (Å²) < 4.78 is 1.79. The molecule has 176 valence electrons. The van der Waals surface area contributed by atoms with Gasteiger partial charge >= 0.3 is 5.97 Å². The minimum atomic E-state index is -1.07. The molecule has 3 aromatic rings. The number of thioether (sulfide) groups is 1. The van der Waals surface area contributed by atoms with Crippen molar-refractivity contribution in [1.29, 1.82) is 0 Å².